The molecule has 0 fully saturated rings. The minimum Gasteiger partial charge on any atom is -0.438 e. The molecule has 0 bridgehead atoms. The lowest BCUT2D eigenvalue weighted by molar-refractivity contribution is 0.0950. The highest BCUT2D eigenvalue weighted by Crippen LogP contribution is 2.24. The van der Waals surface area contributed by atoms with Crippen LogP contribution in [-0.2, 0) is 0 Å². The fraction of sp³-hybridized carbons (Fsp3) is 0.250. The van der Waals surface area contributed by atoms with Gasteiger partial charge in [-0.25, -0.2) is 4.98 Å². The molecule has 6 heteroatoms. The summed E-state index contributed by atoms with van der Waals surface area (Å²) in [6.45, 7) is 1.21. The molecule has 0 aliphatic rings. The maximum Gasteiger partial charge on any atom is 0.256 e. The van der Waals surface area contributed by atoms with E-state index in [0.29, 0.717) is 30.3 Å². The summed E-state index contributed by atoms with van der Waals surface area (Å²) in [6, 6.07) is 10.8. The Morgan fingerprint density at radius 2 is 2.00 bits per heavy atom. The van der Waals surface area contributed by atoms with Gasteiger partial charge in [0.05, 0.1) is 0 Å². The molecule has 1 aromatic carbocycles. The maximum absolute atomic E-state index is 12.2. The van der Waals surface area contributed by atoms with Crippen LogP contribution in [0.4, 0.5) is 0 Å². The number of benzene rings is 1. The van der Waals surface area contributed by atoms with Gasteiger partial charge in [0.15, 0.2) is 0 Å². The topological polar surface area (TPSA) is 77.2 Å². The molecule has 2 aromatic rings. The van der Waals surface area contributed by atoms with E-state index in [4.69, 9.17) is 10.5 Å². The van der Waals surface area contributed by atoms with Crippen LogP contribution in [0.1, 0.15) is 23.2 Å². The average molecular weight is 364 g/mol. The summed E-state index contributed by atoms with van der Waals surface area (Å²) < 4.78 is 6.66. The van der Waals surface area contributed by atoms with Crippen molar-refractivity contribution >= 4 is 21.8 Å². The van der Waals surface area contributed by atoms with Crippen molar-refractivity contribution in [3.05, 3.63) is 52.6 Å². The summed E-state index contributed by atoms with van der Waals surface area (Å²) in [5.41, 5.74) is 5.85. The summed E-state index contributed by atoms with van der Waals surface area (Å²) in [5.74, 6) is 0.720. The molecule has 0 unspecified atom stereocenters. The second-order valence-electron chi connectivity index (χ2n) is 4.66. The lowest BCUT2D eigenvalue weighted by Crippen LogP contribution is -2.25. The number of hydrogen-bond donors (Lipinski definition) is 2. The van der Waals surface area contributed by atoms with E-state index in [1.54, 1.807) is 18.3 Å². The number of halogens is 1. The third kappa shape index (κ3) is 4.82. The number of pyridine rings is 1. The number of hydrogen-bond acceptors (Lipinski definition) is 4. The van der Waals surface area contributed by atoms with Gasteiger partial charge in [-0.1, -0.05) is 15.9 Å². The minimum absolute atomic E-state index is 0.197. The number of amides is 1. The van der Waals surface area contributed by atoms with Gasteiger partial charge in [-0.3, -0.25) is 4.79 Å². The molecule has 0 radical (unpaired) electrons. The van der Waals surface area contributed by atoms with Crippen LogP contribution in [0.5, 0.6) is 11.6 Å². The van der Waals surface area contributed by atoms with Gasteiger partial charge < -0.3 is 15.8 Å². The average Bonchev–Trinajstić information content (AvgIpc) is 2.54. The highest BCUT2D eigenvalue weighted by molar-refractivity contribution is 9.10. The van der Waals surface area contributed by atoms with Gasteiger partial charge in [-0.2, -0.15) is 0 Å². The SMILES string of the molecule is NCCCCNC(=O)c1cccnc1Oc1ccc(Br)cc1. The van der Waals surface area contributed by atoms with Crippen LogP contribution in [0.2, 0.25) is 0 Å². The van der Waals surface area contributed by atoms with E-state index in [1.165, 1.54) is 0 Å². The molecule has 22 heavy (non-hydrogen) atoms. The van der Waals surface area contributed by atoms with Gasteiger partial charge >= 0.3 is 0 Å². The molecule has 5 nitrogen and oxygen atoms in total. The lowest BCUT2D eigenvalue weighted by atomic mass is 10.2. The third-order valence-corrected chi connectivity index (χ3v) is 3.49. The van der Waals surface area contributed by atoms with Gasteiger partial charge in [-0.15, -0.1) is 0 Å². The molecule has 1 aromatic heterocycles. The summed E-state index contributed by atoms with van der Waals surface area (Å²) in [6.07, 6.45) is 3.33. The van der Waals surface area contributed by atoms with Crippen LogP contribution in [-0.4, -0.2) is 24.0 Å². The Morgan fingerprint density at radius 3 is 2.73 bits per heavy atom. The van der Waals surface area contributed by atoms with E-state index >= 15 is 0 Å². The van der Waals surface area contributed by atoms with E-state index < -0.39 is 0 Å². The van der Waals surface area contributed by atoms with E-state index in [9.17, 15) is 4.79 Å². The van der Waals surface area contributed by atoms with Crippen molar-refractivity contribution in [2.75, 3.05) is 13.1 Å². The minimum atomic E-state index is -0.197. The van der Waals surface area contributed by atoms with E-state index in [-0.39, 0.29) is 5.91 Å². The molecule has 0 aliphatic carbocycles. The number of nitrogens with two attached hydrogens (primary N) is 1. The largest absolute Gasteiger partial charge is 0.438 e. The summed E-state index contributed by atoms with van der Waals surface area (Å²) in [5, 5.41) is 2.85. The molecule has 0 saturated heterocycles. The van der Waals surface area contributed by atoms with Crippen molar-refractivity contribution < 1.29 is 9.53 Å². The second kappa shape index (κ2) is 8.51. The van der Waals surface area contributed by atoms with Crippen LogP contribution in [0, 0.1) is 0 Å². The van der Waals surface area contributed by atoms with Crippen LogP contribution >= 0.6 is 15.9 Å². The first-order valence-electron chi connectivity index (χ1n) is 7.07. The number of aromatic nitrogens is 1. The quantitative estimate of drug-likeness (QED) is 0.740. The number of ether oxygens (including phenoxy) is 1. The highest BCUT2D eigenvalue weighted by Gasteiger charge is 2.13. The predicted octanol–water partition coefficient (Wildman–Crippen LogP) is 3.11. The fourth-order valence-corrected chi connectivity index (χ4v) is 2.09. The normalized spacial score (nSPS) is 10.3. The molecule has 1 amide bonds. The second-order valence-corrected chi connectivity index (χ2v) is 5.58. The zero-order chi connectivity index (χ0) is 15.8. The number of carbonyl (C=O) groups excluding carboxylic acids is 1. The Hall–Kier alpha value is -1.92. The predicted molar refractivity (Wildman–Crippen MR) is 89.1 cm³/mol. The van der Waals surface area contributed by atoms with Crippen molar-refractivity contribution in [3.8, 4) is 11.6 Å². The Bertz CT molecular complexity index is 617. The van der Waals surface area contributed by atoms with Crippen molar-refractivity contribution in [1.82, 2.24) is 10.3 Å². The Morgan fingerprint density at radius 1 is 1.23 bits per heavy atom. The zero-order valence-electron chi connectivity index (χ0n) is 12.1. The molecule has 116 valence electrons. The summed E-state index contributed by atoms with van der Waals surface area (Å²) in [4.78, 5) is 16.4. The first-order chi connectivity index (χ1) is 10.7. The fourth-order valence-electron chi connectivity index (χ4n) is 1.83. The zero-order valence-corrected chi connectivity index (χ0v) is 13.7. The first kappa shape index (κ1) is 16.5. The summed E-state index contributed by atoms with van der Waals surface area (Å²) in [7, 11) is 0. The van der Waals surface area contributed by atoms with Crippen LogP contribution in [0.3, 0.4) is 0 Å². The Kier molecular flexibility index (Phi) is 6.36. The molecule has 0 aliphatic heterocycles. The van der Waals surface area contributed by atoms with E-state index in [2.05, 4.69) is 26.2 Å². The molecule has 0 saturated carbocycles. The van der Waals surface area contributed by atoms with Crippen LogP contribution < -0.4 is 15.8 Å². The van der Waals surface area contributed by atoms with Crippen molar-refractivity contribution in [3.63, 3.8) is 0 Å². The molecular weight excluding hydrogens is 346 g/mol. The first-order valence-corrected chi connectivity index (χ1v) is 7.86. The number of unbranched alkanes of at least 4 members (excludes halogenated alkanes) is 1. The number of nitrogens with zero attached hydrogens (tertiary/aromatic N) is 1. The van der Waals surface area contributed by atoms with Crippen molar-refractivity contribution in [2.45, 2.75) is 12.8 Å². The third-order valence-electron chi connectivity index (χ3n) is 2.96. The molecule has 1 heterocycles. The standard InChI is InChI=1S/C16H18BrN3O2/c17-12-5-7-13(8-6-12)22-16-14(4-3-11-20-16)15(21)19-10-2-1-9-18/h3-8,11H,1-2,9-10,18H2,(H,19,21). The van der Waals surface area contributed by atoms with Crippen molar-refractivity contribution in [1.29, 1.82) is 0 Å². The van der Waals surface area contributed by atoms with Crippen LogP contribution in [0.25, 0.3) is 0 Å². The van der Waals surface area contributed by atoms with Gasteiger partial charge in [0.1, 0.15) is 11.3 Å². The summed E-state index contributed by atoms with van der Waals surface area (Å²) >= 11 is 3.37. The Balaban J connectivity index is 2.06. The Labute approximate surface area is 138 Å². The monoisotopic (exact) mass is 363 g/mol. The van der Waals surface area contributed by atoms with E-state index in [0.717, 1.165) is 17.3 Å². The number of nitrogens with one attached hydrogen (secondary N) is 1. The van der Waals surface area contributed by atoms with Crippen LogP contribution in [0.15, 0.2) is 47.1 Å². The van der Waals surface area contributed by atoms with Gasteiger partial charge in [0.25, 0.3) is 5.91 Å². The molecule has 2 rings (SSSR count). The smallest absolute Gasteiger partial charge is 0.256 e. The number of rotatable bonds is 7. The van der Waals surface area contributed by atoms with Gasteiger partial charge in [0, 0.05) is 17.2 Å². The number of carbonyl (C=O) groups is 1. The highest BCUT2D eigenvalue weighted by atomic mass is 79.9. The molecular formula is C16H18BrN3O2. The molecule has 3 N–H and O–H groups in total. The van der Waals surface area contributed by atoms with Gasteiger partial charge in [-0.05, 0) is 55.8 Å². The van der Waals surface area contributed by atoms with Crippen molar-refractivity contribution in [2.24, 2.45) is 5.73 Å². The van der Waals surface area contributed by atoms with Gasteiger partial charge in [0.2, 0.25) is 5.88 Å². The van der Waals surface area contributed by atoms with E-state index in [1.807, 2.05) is 24.3 Å². The lowest BCUT2D eigenvalue weighted by Gasteiger charge is -2.10. The maximum atomic E-state index is 12.2. The molecule has 0 atom stereocenters. The molecule has 0 spiro atoms.